The molecule has 0 saturated heterocycles. The Morgan fingerprint density at radius 1 is 1.27 bits per heavy atom. The highest BCUT2D eigenvalue weighted by molar-refractivity contribution is 8.00. The van der Waals surface area contributed by atoms with Gasteiger partial charge in [0, 0.05) is 15.6 Å². The van der Waals surface area contributed by atoms with Crippen molar-refractivity contribution in [3.05, 3.63) is 39.2 Å². The lowest BCUT2D eigenvalue weighted by atomic mass is 10.2. The minimum absolute atomic E-state index is 0.138. The second-order valence-corrected chi connectivity index (χ2v) is 8.93. The third-order valence-electron chi connectivity index (χ3n) is 4.21. The number of amides is 1. The number of aryl methyl sites for hydroxylation is 2. The smallest absolute Gasteiger partial charge is 0.237 e. The zero-order valence-corrected chi connectivity index (χ0v) is 17.3. The van der Waals surface area contributed by atoms with Gasteiger partial charge in [-0.2, -0.15) is 0 Å². The monoisotopic (exact) mass is 406 g/mol. The summed E-state index contributed by atoms with van der Waals surface area (Å²) >= 11 is 8.98. The third kappa shape index (κ3) is 3.65. The first kappa shape index (κ1) is 18.9. The molecule has 0 saturated carbocycles. The summed E-state index contributed by atoms with van der Waals surface area (Å²) in [6, 6.07) is 5.43. The van der Waals surface area contributed by atoms with Gasteiger partial charge in [-0.15, -0.1) is 11.3 Å². The van der Waals surface area contributed by atoms with Gasteiger partial charge in [-0.05, 0) is 51.0 Å². The number of carbonyl (C=O) groups is 1. The number of aromatic nitrogens is 2. The number of nitrogen functional groups attached to an aromatic ring is 1. The molecule has 3 rings (SSSR count). The zero-order valence-electron chi connectivity index (χ0n) is 14.9. The van der Waals surface area contributed by atoms with Crippen molar-refractivity contribution in [2.24, 2.45) is 0 Å². The van der Waals surface area contributed by atoms with Gasteiger partial charge in [-0.1, -0.05) is 29.4 Å². The predicted octanol–water partition coefficient (Wildman–Crippen LogP) is 4.97. The van der Waals surface area contributed by atoms with Crippen LogP contribution in [-0.2, 0) is 4.79 Å². The molecular weight excluding hydrogens is 388 g/mol. The summed E-state index contributed by atoms with van der Waals surface area (Å²) in [7, 11) is 0. The summed E-state index contributed by atoms with van der Waals surface area (Å²) < 4.78 is 0. The number of benzene rings is 1. The number of nitrogens with one attached hydrogen (secondary N) is 1. The maximum absolute atomic E-state index is 12.5. The number of carbonyl (C=O) groups excluding carboxylic acids is 1. The van der Waals surface area contributed by atoms with Crippen molar-refractivity contribution in [3.8, 4) is 0 Å². The van der Waals surface area contributed by atoms with Gasteiger partial charge in [0.05, 0.1) is 10.6 Å². The van der Waals surface area contributed by atoms with Gasteiger partial charge in [0.25, 0.3) is 0 Å². The largest absolute Gasteiger partial charge is 0.383 e. The highest BCUT2D eigenvalue weighted by Crippen LogP contribution is 2.34. The van der Waals surface area contributed by atoms with E-state index in [9.17, 15) is 4.79 Å². The molecule has 1 unspecified atom stereocenters. The summed E-state index contributed by atoms with van der Waals surface area (Å²) in [5, 5.41) is 4.55. The van der Waals surface area contributed by atoms with Crippen LogP contribution in [-0.4, -0.2) is 21.1 Å². The number of thiophene rings is 1. The van der Waals surface area contributed by atoms with Crippen LogP contribution >= 0.6 is 34.7 Å². The lowest BCUT2D eigenvalue weighted by Gasteiger charge is -2.13. The zero-order chi connectivity index (χ0) is 19.0. The fourth-order valence-corrected chi connectivity index (χ4v) is 4.55. The van der Waals surface area contributed by atoms with Crippen molar-refractivity contribution in [3.63, 3.8) is 0 Å². The molecule has 0 aliphatic heterocycles. The molecule has 8 heteroatoms. The van der Waals surface area contributed by atoms with Crippen molar-refractivity contribution in [1.29, 1.82) is 0 Å². The van der Waals surface area contributed by atoms with E-state index < -0.39 is 0 Å². The molecule has 1 atom stereocenters. The molecule has 1 aromatic carbocycles. The van der Waals surface area contributed by atoms with E-state index in [2.05, 4.69) is 15.3 Å². The number of hydrogen-bond donors (Lipinski definition) is 2. The van der Waals surface area contributed by atoms with E-state index >= 15 is 0 Å². The lowest BCUT2D eigenvalue weighted by Crippen LogP contribution is -2.23. The molecule has 0 spiro atoms. The summed E-state index contributed by atoms with van der Waals surface area (Å²) in [5.74, 6) is 0.318. The Kier molecular flexibility index (Phi) is 5.41. The molecule has 3 aromatic rings. The van der Waals surface area contributed by atoms with Crippen LogP contribution in [0.3, 0.4) is 0 Å². The Hall–Kier alpha value is -1.83. The molecule has 2 aromatic heterocycles. The Morgan fingerprint density at radius 2 is 2.00 bits per heavy atom. The van der Waals surface area contributed by atoms with E-state index in [4.69, 9.17) is 17.3 Å². The van der Waals surface area contributed by atoms with E-state index in [-0.39, 0.29) is 11.2 Å². The molecule has 0 bridgehead atoms. The number of rotatable bonds is 4. The molecule has 2 heterocycles. The average molecular weight is 407 g/mol. The number of halogens is 1. The molecule has 5 nitrogen and oxygen atoms in total. The number of thioether (sulfide) groups is 1. The summed E-state index contributed by atoms with van der Waals surface area (Å²) in [5.41, 5.74) is 8.77. The van der Waals surface area contributed by atoms with Crippen LogP contribution in [0, 0.1) is 20.8 Å². The minimum Gasteiger partial charge on any atom is -0.383 e. The molecule has 1 amide bonds. The Balaban J connectivity index is 1.79. The first-order chi connectivity index (χ1) is 12.3. The number of fused-ring (bicyclic) bond motifs is 1. The maximum atomic E-state index is 12.5. The van der Waals surface area contributed by atoms with Gasteiger partial charge in [-0.25, -0.2) is 9.97 Å². The topological polar surface area (TPSA) is 80.9 Å². The van der Waals surface area contributed by atoms with Crippen LogP contribution in [0.25, 0.3) is 10.2 Å². The molecule has 0 radical (unpaired) electrons. The first-order valence-corrected chi connectivity index (χ1v) is 10.1. The number of hydrogen-bond acceptors (Lipinski definition) is 6. The van der Waals surface area contributed by atoms with Crippen molar-refractivity contribution in [1.82, 2.24) is 9.97 Å². The quantitative estimate of drug-likeness (QED) is 0.472. The Labute approximate surface area is 165 Å². The number of nitrogens with zero attached hydrogens (tertiary/aromatic N) is 2. The van der Waals surface area contributed by atoms with Gasteiger partial charge in [0.15, 0.2) is 5.16 Å². The molecule has 3 N–H and O–H groups in total. The number of nitrogens with two attached hydrogens (primary N) is 1. The fourth-order valence-electron chi connectivity index (χ4n) is 2.50. The standard InChI is InChI=1S/C18H19ClN4OS2/c1-8-10(3)25-17-14(8)15(20)22-18(23-17)26-11(4)16(24)21-13-7-5-6-12(19)9(13)2/h5-7,11H,1-4H3,(H,21,24)(H2,20,22,23). The highest BCUT2D eigenvalue weighted by Gasteiger charge is 2.19. The average Bonchev–Trinajstić information content (AvgIpc) is 2.86. The molecule has 0 fully saturated rings. The fraction of sp³-hybridized carbons (Fsp3) is 0.278. The first-order valence-electron chi connectivity index (χ1n) is 8.03. The van der Waals surface area contributed by atoms with E-state index in [0.29, 0.717) is 21.7 Å². The van der Waals surface area contributed by atoms with Crippen LogP contribution < -0.4 is 11.1 Å². The second kappa shape index (κ2) is 7.42. The van der Waals surface area contributed by atoms with Gasteiger partial charge < -0.3 is 11.1 Å². The Bertz CT molecular complexity index is 1000. The minimum atomic E-state index is -0.382. The lowest BCUT2D eigenvalue weighted by molar-refractivity contribution is -0.115. The number of anilines is 2. The Morgan fingerprint density at radius 3 is 2.73 bits per heavy atom. The van der Waals surface area contributed by atoms with Crippen molar-refractivity contribution >= 4 is 62.3 Å². The van der Waals surface area contributed by atoms with Crippen LogP contribution in [0.15, 0.2) is 23.4 Å². The van der Waals surface area contributed by atoms with Gasteiger partial charge in [-0.3, -0.25) is 4.79 Å². The second-order valence-electron chi connectivity index (χ2n) is 6.02. The van der Waals surface area contributed by atoms with Crippen LogP contribution in [0.2, 0.25) is 5.02 Å². The van der Waals surface area contributed by atoms with E-state index in [1.54, 1.807) is 17.4 Å². The normalized spacial score (nSPS) is 12.3. The van der Waals surface area contributed by atoms with Gasteiger partial charge in [0.1, 0.15) is 10.6 Å². The van der Waals surface area contributed by atoms with Gasteiger partial charge >= 0.3 is 0 Å². The van der Waals surface area contributed by atoms with Crippen molar-refractivity contribution in [2.75, 3.05) is 11.1 Å². The van der Waals surface area contributed by atoms with Crippen LogP contribution in [0.4, 0.5) is 11.5 Å². The van der Waals surface area contributed by atoms with Crippen molar-refractivity contribution < 1.29 is 4.79 Å². The van der Waals surface area contributed by atoms with Gasteiger partial charge in [0.2, 0.25) is 5.91 Å². The predicted molar refractivity (Wildman–Crippen MR) is 111 cm³/mol. The SMILES string of the molecule is Cc1sc2nc(SC(C)C(=O)Nc3cccc(Cl)c3C)nc(N)c2c1C. The molecule has 26 heavy (non-hydrogen) atoms. The van der Waals surface area contributed by atoms with E-state index in [1.165, 1.54) is 16.6 Å². The maximum Gasteiger partial charge on any atom is 0.237 e. The molecule has 136 valence electrons. The third-order valence-corrected chi connectivity index (χ3v) is 6.68. The highest BCUT2D eigenvalue weighted by atomic mass is 35.5. The molecule has 0 aliphatic rings. The van der Waals surface area contributed by atoms with Crippen molar-refractivity contribution in [2.45, 2.75) is 38.1 Å². The summed E-state index contributed by atoms with van der Waals surface area (Å²) in [4.78, 5) is 23.5. The summed E-state index contributed by atoms with van der Waals surface area (Å²) in [6.07, 6.45) is 0. The van der Waals surface area contributed by atoms with Crippen LogP contribution in [0.1, 0.15) is 22.9 Å². The summed E-state index contributed by atoms with van der Waals surface area (Å²) in [6.45, 7) is 7.74. The van der Waals surface area contributed by atoms with E-state index in [1.807, 2.05) is 39.8 Å². The molecule has 0 aliphatic carbocycles. The van der Waals surface area contributed by atoms with E-state index in [0.717, 1.165) is 21.3 Å². The van der Waals surface area contributed by atoms with Crippen LogP contribution in [0.5, 0.6) is 0 Å². The molecular formula is C18H19ClN4OS2.